The number of nitrogens with zero attached hydrogens (tertiary/aromatic N) is 1. The standard InChI is InChI=1S/C13H26N2O/c1-4-12-9-16-10(2)8-15(12)13-6-5-11(7-13)14-3/h10-14H,4-9H2,1-3H3. The summed E-state index contributed by atoms with van der Waals surface area (Å²) in [7, 11) is 2.09. The van der Waals surface area contributed by atoms with E-state index in [9.17, 15) is 0 Å². The highest BCUT2D eigenvalue weighted by atomic mass is 16.5. The van der Waals surface area contributed by atoms with Crippen molar-refractivity contribution in [2.45, 2.75) is 63.8 Å². The summed E-state index contributed by atoms with van der Waals surface area (Å²) in [5.74, 6) is 0. The van der Waals surface area contributed by atoms with Crippen LogP contribution in [0, 0.1) is 0 Å². The molecule has 0 radical (unpaired) electrons. The van der Waals surface area contributed by atoms with Gasteiger partial charge in [0.05, 0.1) is 12.7 Å². The van der Waals surface area contributed by atoms with E-state index in [1.54, 1.807) is 0 Å². The lowest BCUT2D eigenvalue weighted by atomic mass is 10.1. The summed E-state index contributed by atoms with van der Waals surface area (Å²) < 4.78 is 5.77. The zero-order valence-electron chi connectivity index (χ0n) is 10.9. The van der Waals surface area contributed by atoms with Crippen LogP contribution in [0.15, 0.2) is 0 Å². The van der Waals surface area contributed by atoms with Crippen molar-refractivity contribution >= 4 is 0 Å². The van der Waals surface area contributed by atoms with Crippen LogP contribution in [-0.2, 0) is 4.74 Å². The Morgan fingerprint density at radius 2 is 2.19 bits per heavy atom. The Hall–Kier alpha value is -0.120. The zero-order chi connectivity index (χ0) is 11.5. The van der Waals surface area contributed by atoms with Gasteiger partial charge >= 0.3 is 0 Å². The lowest BCUT2D eigenvalue weighted by Crippen LogP contribution is -2.52. The summed E-state index contributed by atoms with van der Waals surface area (Å²) in [5.41, 5.74) is 0. The number of morpholine rings is 1. The second-order valence-electron chi connectivity index (χ2n) is 5.36. The van der Waals surface area contributed by atoms with E-state index < -0.39 is 0 Å². The van der Waals surface area contributed by atoms with Gasteiger partial charge in [-0.3, -0.25) is 4.90 Å². The van der Waals surface area contributed by atoms with Crippen LogP contribution in [0.2, 0.25) is 0 Å². The molecule has 4 atom stereocenters. The van der Waals surface area contributed by atoms with Crippen LogP contribution in [0.5, 0.6) is 0 Å². The minimum absolute atomic E-state index is 0.413. The van der Waals surface area contributed by atoms with E-state index in [4.69, 9.17) is 4.74 Å². The topological polar surface area (TPSA) is 24.5 Å². The van der Waals surface area contributed by atoms with Gasteiger partial charge in [-0.15, -0.1) is 0 Å². The van der Waals surface area contributed by atoms with Crippen LogP contribution in [0.25, 0.3) is 0 Å². The minimum atomic E-state index is 0.413. The molecule has 2 fully saturated rings. The summed E-state index contributed by atoms with van der Waals surface area (Å²) in [6.45, 7) is 6.53. The molecular weight excluding hydrogens is 200 g/mol. The lowest BCUT2D eigenvalue weighted by molar-refractivity contribution is -0.0716. The van der Waals surface area contributed by atoms with Crippen molar-refractivity contribution < 1.29 is 4.74 Å². The Morgan fingerprint density at radius 1 is 1.38 bits per heavy atom. The second-order valence-corrected chi connectivity index (χ2v) is 5.36. The Kier molecular flexibility index (Phi) is 4.22. The third-order valence-electron chi connectivity index (χ3n) is 4.26. The third kappa shape index (κ3) is 2.58. The SMILES string of the molecule is CCC1COC(C)CN1C1CCC(NC)C1. The summed E-state index contributed by atoms with van der Waals surface area (Å²) in [6, 6.07) is 2.17. The maximum absolute atomic E-state index is 5.77. The molecular formula is C13H26N2O. The van der Waals surface area contributed by atoms with Gasteiger partial charge in [0.2, 0.25) is 0 Å². The molecule has 1 saturated carbocycles. The number of ether oxygens (including phenoxy) is 1. The second kappa shape index (κ2) is 5.48. The molecule has 3 nitrogen and oxygen atoms in total. The van der Waals surface area contributed by atoms with Gasteiger partial charge in [0.25, 0.3) is 0 Å². The van der Waals surface area contributed by atoms with E-state index in [-0.39, 0.29) is 0 Å². The van der Waals surface area contributed by atoms with Gasteiger partial charge in [0.15, 0.2) is 0 Å². The first-order valence-corrected chi connectivity index (χ1v) is 6.79. The minimum Gasteiger partial charge on any atom is -0.376 e. The van der Waals surface area contributed by atoms with Crippen molar-refractivity contribution in [3.8, 4) is 0 Å². The number of hydrogen-bond donors (Lipinski definition) is 1. The first-order valence-electron chi connectivity index (χ1n) is 6.79. The highest BCUT2D eigenvalue weighted by Crippen LogP contribution is 2.28. The van der Waals surface area contributed by atoms with E-state index in [1.807, 2.05) is 0 Å². The average Bonchev–Trinajstić information content (AvgIpc) is 2.77. The maximum Gasteiger partial charge on any atom is 0.0674 e. The Morgan fingerprint density at radius 3 is 2.81 bits per heavy atom. The summed E-state index contributed by atoms with van der Waals surface area (Å²) >= 11 is 0. The molecule has 1 aliphatic carbocycles. The Balaban J connectivity index is 1.95. The van der Waals surface area contributed by atoms with Crippen molar-refractivity contribution in [3.63, 3.8) is 0 Å². The molecule has 1 aliphatic heterocycles. The van der Waals surface area contributed by atoms with Gasteiger partial charge in [-0.1, -0.05) is 6.92 Å². The number of nitrogens with one attached hydrogen (secondary N) is 1. The quantitative estimate of drug-likeness (QED) is 0.791. The predicted molar refractivity (Wildman–Crippen MR) is 66.7 cm³/mol. The van der Waals surface area contributed by atoms with E-state index in [1.165, 1.54) is 25.7 Å². The molecule has 0 aromatic heterocycles. The van der Waals surface area contributed by atoms with Crippen LogP contribution in [0.4, 0.5) is 0 Å². The molecule has 4 unspecified atom stereocenters. The molecule has 1 saturated heterocycles. The van der Waals surface area contributed by atoms with Gasteiger partial charge in [-0.2, -0.15) is 0 Å². The smallest absolute Gasteiger partial charge is 0.0674 e. The highest BCUT2D eigenvalue weighted by Gasteiger charge is 2.35. The Labute approximate surface area is 99.5 Å². The first-order chi connectivity index (χ1) is 7.74. The van der Waals surface area contributed by atoms with Gasteiger partial charge in [-0.05, 0) is 39.7 Å². The summed E-state index contributed by atoms with van der Waals surface area (Å²) in [4.78, 5) is 2.71. The monoisotopic (exact) mass is 226 g/mol. The van der Waals surface area contributed by atoms with Crippen LogP contribution in [0.1, 0.15) is 39.5 Å². The maximum atomic E-state index is 5.77. The van der Waals surface area contributed by atoms with Crippen molar-refractivity contribution in [2.75, 3.05) is 20.2 Å². The van der Waals surface area contributed by atoms with Crippen LogP contribution >= 0.6 is 0 Å². The van der Waals surface area contributed by atoms with Crippen LogP contribution < -0.4 is 5.32 Å². The third-order valence-corrected chi connectivity index (χ3v) is 4.26. The van der Waals surface area contributed by atoms with E-state index >= 15 is 0 Å². The molecule has 2 aliphatic rings. The van der Waals surface area contributed by atoms with Gasteiger partial charge in [-0.25, -0.2) is 0 Å². The van der Waals surface area contributed by atoms with Gasteiger partial charge < -0.3 is 10.1 Å². The van der Waals surface area contributed by atoms with Crippen LogP contribution in [-0.4, -0.2) is 49.3 Å². The van der Waals surface area contributed by atoms with E-state index in [0.717, 1.165) is 25.2 Å². The summed E-state index contributed by atoms with van der Waals surface area (Å²) in [5, 5.41) is 3.42. The van der Waals surface area contributed by atoms with Crippen molar-refractivity contribution in [1.82, 2.24) is 10.2 Å². The highest BCUT2D eigenvalue weighted by molar-refractivity contribution is 4.91. The molecule has 0 bridgehead atoms. The van der Waals surface area contributed by atoms with Crippen LogP contribution in [0.3, 0.4) is 0 Å². The lowest BCUT2D eigenvalue weighted by Gasteiger charge is -2.42. The van der Waals surface area contributed by atoms with E-state index in [2.05, 4.69) is 31.1 Å². The molecule has 0 aromatic rings. The van der Waals surface area contributed by atoms with Gasteiger partial charge in [0, 0.05) is 24.7 Å². The van der Waals surface area contributed by atoms with Gasteiger partial charge in [0.1, 0.15) is 0 Å². The molecule has 0 aromatic carbocycles. The molecule has 2 rings (SSSR count). The summed E-state index contributed by atoms with van der Waals surface area (Å²) in [6.07, 6.45) is 5.64. The predicted octanol–water partition coefficient (Wildman–Crippen LogP) is 1.63. The largest absolute Gasteiger partial charge is 0.376 e. The fourth-order valence-corrected chi connectivity index (χ4v) is 3.19. The molecule has 16 heavy (non-hydrogen) atoms. The van der Waals surface area contributed by atoms with Crippen molar-refractivity contribution in [2.24, 2.45) is 0 Å². The molecule has 3 heteroatoms. The zero-order valence-corrected chi connectivity index (χ0v) is 10.9. The number of rotatable bonds is 3. The molecule has 0 spiro atoms. The normalized spacial score (nSPS) is 41.4. The molecule has 1 N–H and O–H groups in total. The Bertz CT molecular complexity index is 222. The van der Waals surface area contributed by atoms with Crippen molar-refractivity contribution in [3.05, 3.63) is 0 Å². The molecule has 0 amide bonds. The van der Waals surface area contributed by atoms with Crippen molar-refractivity contribution in [1.29, 1.82) is 0 Å². The fraction of sp³-hybridized carbons (Fsp3) is 1.00. The molecule has 1 heterocycles. The molecule has 94 valence electrons. The average molecular weight is 226 g/mol. The first kappa shape index (κ1) is 12.3. The fourth-order valence-electron chi connectivity index (χ4n) is 3.19. The number of hydrogen-bond acceptors (Lipinski definition) is 3. The van der Waals surface area contributed by atoms with E-state index in [0.29, 0.717) is 12.1 Å².